The van der Waals surface area contributed by atoms with Crippen molar-refractivity contribution >= 4 is 0 Å². The van der Waals surface area contributed by atoms with E-state index >= 15 is 0 Å². The summed E-state index contributed by atoms with van der Waals surface area (Å²) in [5.74, 6) is 1.50. The minimum atomic E-state index is -0.0832. The number of hydrogen-bond donors (Lipinski definition) is 0. The van der Waals surface area contributed by atoms with Crippen LogP contribution in [-0.2, 0) is 17.8 Å². The van der Waals surface area contributed by atoms with Gasteiger partial charge in [-0.25, -0.2) is 4.39 Å². The molecule has 0 heterocycles. The van der Waals surface area contributed by atoms with Crippen molar-refractivity contribution in [3.8, 4) is 0 Å². The standard InChI is InChI=1S/C22H31FO/c1-3-5-15-24-17-20-12-14-21(22(23)16-20)13-11-19-9-7-18(6-4-2)8-10-19/h3-4,12,14,16,18-19H,1-2,5-11,13,15,17H2/t18-,19-. The Kier molecular flexibility index (Phi) is 8.24. The second-order valence-corrected chi connectivity index (χ2v) is 7.01. The maximum Gasteiger partial charge on any atom is 0.126 e. The molecule has 1 nitrogen and oxygen atoms in total. The first-order valence-corrected chi connectivity index (χ1v) is 9.29. The lowest BCUT2D eigenvalue weighted by Gasteiger charge is -2.27. The van der Waals surface area contributed by atoms with Crippen molar-refractivity contribution in [2.75, 3.05) is 6.61 Å². The predicted molar refractivity (Wildman–Crippen MR) is 99.5 cm³/mol. The van der Waals surface area contributed by atoms with Crippen LogP contribution in [-0.4, -0.2) is 6.61 Å². The predicted octanol–water partition coefficient (Wildman–Crippen LogP) is 6.23. The van der Waals surface area contributed by atoms with Gasteiger partial charge in [0.25, 0.3) is 0 Å². The molecule has 1 saturated carbocycles. The van der Waals surface area contributed by atoms with Crippen LogP contribution in [0.1, 0.15) is 56.1 Å². The second-order valence-electron chi connectivity index (χ2n) is 7.01. The van der Waals surface area contributed by atoms with E-state index in [0.717, 1.165) is 48.6 Å². The molecule has 0 N–H and O–H groups in total. The lowest BCUT2D eigenvalue weighted by atomic mass is 9.78. The molecule has 2 heteroatoms. The fourth-order valence-corrected chi connectivity index (χ4v) is 3.59. The molecule has 1 fully saturated rings. The summed E-state index contributed by atoms with van der Waals surface area (Å²) in [6, 6.07) is 5.56. The van der Waals surface area contributed by atoms with Gasteiger partial charge in [-0.3, -0.25) is 0 Å². The Bertz CT molecular complexity index is 515. The third-order valence-corrected chi connectivity index (χ3v) is 5.14. The third-order valence-electron chi connectivity index (χ3n) is 5.14. The van der Waals surface area contributed by atoms with E-state index in [0.29, 0.717) is 13.2 Å². The van der Waals surface area contributed by atoms with E-state index in [1.807, 2.05) is 24.3 Å². The zero-order chi connectivity index (χ0) is 17.2. The Morgan fingerprint density at radius 1 is 1.08 bits per heavy atom. The topological polar surface area (TPSA) is 9.23 Å². The fraction of sp³-hybridized carbons (Fsp3) is 0.545. The molecule has 1 aromatic carbocycles. The van der Waals surface area contributed by atoms with Gasteiger partial charge in [-0.2, -0.15) is 0 Å². The van der Waals surface area contributed by atoms with Crippen molar-refractivity contribution < 1.29 is 9.13 Å². The van der Waals surface area contributed by atoms with Crippen LogP contribution in [0.3, 0.4) is 0 Å². The van der Waals surface area contributed by atoms with E-state index in [2.05, 4.69) is 13.2 Å². The van der Waals surface area contributed by atoms with Gasteiger partial charge >= 0.3 is 0 Å². The SMILES string of the molecule is C=CCCOCc1ccc(CC[C@H]2CC[C@H](CC=C)CC2)c(F)c1. The van der Waals surface area contributed by atoms with Gasteiger partial charge < -0.3 is 4.74 Å². The highest BCUT2D eigenvalue weighted by Gasteiger charge is 2.20. The van der Waals surface area contributed by atoms with Gasteiger partial charge in [0.05, 0.1) is 13.2 Å². The average molecular weight is 330 g/mol. The molecule has 1 aliphatic rings. The van der Waals surface area contributed by atoms with Gasteiger partial charge in [-0.15, -0.1) is 13.2 Å². The van der Waals surface area contributed by atoms with Gasteiger partial charge in [-0.1, -0.05) is 37.1 Å². The molecule has 0 saturated heterocycles. The number of allylic oxidation sites excluding steroid dienone is 1. The molecule has 0 bridgehead atoms. The lowest BCUT2D eigenvalue weighted by Crippen LogP contribution is -2.15. The minimum absolute atomic E-state index is 0.0832. The highest BCUT2D eigenvalue weighted by Crippen LogP contribution is 2.33. The van der Waals surface area contributed by atoms with E-state index in [9.17, 15) is 4.39 Å². The summed E-state index contributed by atoms with van der Waals surface area (Å²) in [7, 11) is 0. The van der Waals surface area contributed by atoms with Crippen LogP contribution in [0, 0.1) is 17.7 Å². The zero-order valence-electron chi connectivity index (χ0n) is 14.8. The first-order chi connectivity index (χ1) is 11.7. The quantitative estimate of drug-likeness (QED) is 0.365. The smallest absolute Gasteiger partial charge is 0.126 e. The van der Waals surface area contributed by atoms with Crippen LogP contribution >= 0.6 is 0 Å². The lowest BCUT2D eigenvalue weighted by molar-refractivity contribution is 0.125. The highest BCUT2D eigenvalue weighted by atomic mass is 19.1. The summed E-state index contributed by atoms with van der Waals surface area (Å²) in [5, 5.41) is 0. The van der Waals surface area contributed by atoms with Crippen molar-refractivity contribution in [1.82, 2.24) is 0 Å². The van der Waals surface area contributed by atoms with Gasteiger partial charge in [0.1, 0.15) is 5.82 Å². The molecule has 0 radical (unpaired) electrons. The van der Waals surface area contributed by atoms with E-state index in [4.69, 9.17) is 4.74 Å². The Hall–Kier alpha value is -1.41. The Balaban J connectivity index is 1.74. The maximum atomic E-state index is 14.3. The minimum Gasteiger partial charge on any atom is -0.376 e. The van der Waals surface area contributed by atoms with E-state index in [1.165, 1.54) is 25.7 Å². The van der Waals surface area contributed by atoms with E-state index in [1.54, 1.807) is 6.07 Å². The van der Waals surface area contributed by atoms with Gasteiger partial charge in [0.15, 0.2) is 0 Å². The average Bonchev–Trinajstić information content (AvgIpc) is 2.59. The van der Waals surface area contributed by atoms with Crippen LogP contribution in [0.2, 0.25) is 0 Å². The van der Waals surface area contributed by atoms with Crippen molar-refractivity contribution in [2.45, 2.75) is 58.0 Å². The van der Waals surface area contributed by atoms with Gasteiger partial charge in [-0.05, 0) is 67.6 Å². The molecular formula is C22H31FO. The van der Waals surface area contributed by atoms with Crippen LogP contribution < -0.4 is 0 Å². The number of benzene rings is 1. The molecule has 1 aromatic rings. The molecule has 0 atom stereocenters. The maximum absolute atomic E-state index is 14.3. The highest BCUT2D eigenvalue weighted by molar-refractivity contribution is 5.24. The fourth-order valence-electron chi connectivity index (χ4n) is 3.59. The molecule has 0 spiro atoms. The number of halogens is 1. The first kappa shape index (κ1) is 18.9. The molecule has 0 unspecified atom stereocenters. The summed E-state index contributed by atoms with van der Waals surface area (Å²) >= 11 is 0. The zero-order valence-corrected chi connectivity index (χ0v) is 14.8. The molecule has 24 heavy (non-hydrogen) atoms. The normalized spacial score (nSPS) is 20.7. The Morgan fingerprint density at radius 3 is 2.50 bits per heavy atom. The summed E-state index contributed by atoms with van der Waals surface area (Å²) < 4.78 is 19.8. The number of hydrogen-bond acceptors (Lipinski definition) is 1. The van der Waals surface area contributed by atoms with E-state index in [-0.39, 0.29) is 5.82 Å². The molecule has 0 aromatic heterocycles. The van der Waals surface area contributed by atoms with Crippen LogP contribution in [0.5, 0.6) is 0 Å². The Morgan fingerprint density at radius 2 is 1.83 bits per heavy atom. The van der Waals surface area contributed by atoms with Crippen molar-refractivity contribution in [3.05, 3.63) is 60.5 Å². The van der Waals surface area contributed by atoms with Crippen LogP contribution in [0.15, 0.2) is 43.5 Å². The van der Waals surface area contributed by atoms with Crippen molar-refractivity contribution in [3.63, 3.8) is 0 Å². The van der Waals surface area contributed by atoms with E-state index < -0.39 is 0 Å². The number of rotatable bonds is 10. The largest absolute Gasteiger partial charge is 0.376 e. The molecule has 132 valence electrons. The second kappa shape index (κ2) is 10.5. The molecule has 0 aliphatic heterocycles. The molecular weight excluding hydrogens is 299 g/mol. The van der Waals surface area contributed by atoms with Gasteiger partial charge in [0.2, 0.25) is 0 Å². The summed E-state index contributed by atoms with van der Waals surface area (Å²) in [5.41, 5.74) is 1.75. The number of aryl methyl sites for hydroxylation is 1. The summed E-state index contributed by atoms with van der Waals surface area (Å²) in [4.78, 5) is 0. The van der Waals surface area contributed by atoms with Crippen LogP contribution in [0.25, 0.3) is 0 Å². The third kappa shape index (κ3) is 6.24. The summed E-state index contributed by atoms with van der Waals surface area (Å²) in [6.07, 6.45) is 13.0. The summed E-state index contributed by atoms with van der Waals surface area (Å²) in [6.45, 7) is 8.61. The molecule has 0 amide bonds. The molecule has 1 aliphatic carbocycles. The van der Waals surface area contributed by atoms with Crippen molar-refractivity contribution in [1.29, 1.82) is 0 Å². The Labute approximate surface area is 146 Å². The molecule has 2 rings (SSSR count). The van der Waals surface area contributed by atoms with Crippen LogP contribution in [0.4, 0.5) is 4.39 Å². The monoisotopic (exact) mass is 330 g/mol. The number of ether oxygens (including phenoxy) is 1. The van der Waals surface area contributed by atoms with Gasteiger partial charge in [0, 0.05) is 0 Å². The van der Waals surface area contributed by atoms with Crippen molar-refractivity contribution in [2.24, 2.45) is 11.8 Å². The first-order valence-electron chi connectivity index (χ1n) is 9.29.